The highest BCUT2D eigenvalue weighted by Crippen LogP contribution is 2.32. The van der Waals surface area contributed by atoms with Gasteiger partial charge in [0.05, 0.1) is 5.56 Å². The first kappa shape index (κ1) is 26.6. The van der Waals surface area contributed by atoms with Crippen molar-refractivity contribution in [2.24, 2.45) is 5.92 Å². The van der Waals surface area contributed by atoms with E-state index < -0.39 is 6.04 Å². The molecule has 1 aliphatic heterocycles. The largest absolute Gasteiger partial charge is 0.618 e. The maximum atomic E-state index is 13.7. The molecule has 0 unspecified atom stereocenters. The lowest BCUT2D eigenvalue weighted by Gasteiger charge is -2.31. The number of anilines is 1. The van der Waals surface area contributed by atoms with Gasteiger partial charge in [-0.1, -0.05) is 31.4 Å². The molecule has 2 amide bonds. The fourth-order valence-electron chi connectivity index (χ4n) is 6.60. The number of benzene rings is 1. The van der Waals surface area contributed by atoms with Crippen molar-refractivity contribution in [3.63, 3.8) is 0 Å². The minimum absolute atomic E-state index is 0.111. The lowest BCUT2D eigenvalue weighted by atomic mass is 9.83. The molecule has 40 heavy (non-hydrogen) atoms. The lowest BCUT2D eigenvalue weighted by molar-refractivity contribution is -0.611. The number of nitrogens with one attached hydrogen (secondary N) is 2. The van der Waals surface area contributed by atoms with Crippen LogP contribution in [-0.4, -0.2) is 39.9 Å². The molecule has 2 N–H and O–H groups in total. The SMILES string of the molecule is Cc1cc[n+]([O-])c(C)c1-c1ccc(NC(=O)[C@@H](NC(=O)c2ccc3n2CCN(C2CC2)C3)C2CCCCC2)cc1. The van der Waals surface area contributed by atoms with Crippen molar-refractivity contribution in [1.82, 2.24) is 14.8 Å². The first-order valence-electron chi connectivity index (χ1n) is 14.7. The second kappa shape index (κ2) is 11.1. The average molecular weight is 542 g/mol. The monoisotopic (exact) mass is 541 g/mol. The molecule has 0 saturated heterocycles. The van der Waals surface area contributed by atoms with Crippen molar-refractivity contribution < 1.29 is 14.3 Å². The Hall–Kier alpha value is -3.65. The molecular weight excluding hydrogens is 502 g/mol. The van der Waals surface area contributed by atoms with Crippen LogP contribution in [0.25, 0.3) is 11.1 Å². The molecule has 2 fully saturated rings. The summed E-state index contributed by atoms with van der Waals surface area (Å²) in [5, 5.41) is 18.3. The highest BCUT2D eigenvalue weighted by atomic mass is 16.5. The molecule has 1 atom stereocenters. The van der Waals surface area contributed by atoms with Crippen LogP contribution in [0.3, 0.4) is 0 Å². The van der Waals surface area contributed by atoms with E-state index in [0.29, 0.717) is 23.1 Å². The number of carbonyl (C=O) groups excluding carboxylic acids is 2. The van der Waals surface area contributed by atoms with E-state index >= 15 is 0 Å². The van der Waals surface area contributed by atoms with E-state index in [1.807, 2.05) is 50.2 Å². The van der Waals surface area contributed by atoms with Crippen LogP contribution in [0.2, 0.25) is 0 Å². The number of amides is 2. The molecule has 6 rings (SSSR count). The second-order valence-electron chi connectivity index (χ2n) is 11.8. The standard InChI is InChI=1S/C32H39N5O3/c1-21-16-17-37(40)22(2)29(21)23-8-10-25(11-9-23)33-32(39)30(24-6-4-3-5-7-24)34-31(38)28-15-14-27-20-35(26-12-13-26)18-19-36(27)28/h8-11,14-17,24,26,30H,3-7,12-13,18-20H2,1-2H3,(H,33,39)(H,34,38)/t30-/m0/s1. The fourth-order valence-corrected chi connectivity index (χ4v) is 6.60. The Morgan fingerprint density at radius 3 is 2.42 bits per heavy atom. The minimum atomic E-state index is -0.594. The number of hydrogen-bond acceptors (Lipinski definition) is 4. The van der Waals surface area contributed by atoms with Crippen LogP contribution >= 0.6 is 0 Å². The number of hydrogen-bond donors (Lipinski definition) is 2. The Balaban J connectivity index is 1.18. The summed E-state index contributed by atoms with van der Waals surface area (Å²) in [7, 11) is 0. The van der Waals surface area contributed by atoms with Gasteiger partial charge >= 0.3 is 0 Å². The average Bonchev–Trinajstić information content (AvgIpc) is 3.74. The van der Waals surface area contributed by atoms with E-state index in [0.717, 1.165) is 66.7 Å². The molecule has 2 saturated carbocycles. The van der Waals surface area contributed by atoms with E-state index in [1.165, 1.54) is 31.2 Å². The van der Waals surface area contributed by atoms with E-state index in [9.17, 15) is 14.8 Å². The third-order valence-electron chi connectivity index (χ3n) is 9.02. The van der Waals surface area contributed by atoms with Crippen LogP contribution in [-0.2, 0) is 17.9 Å². The predicted molar refractivity (Wildman–Crippen MR) is 155 cm³/mol. The summed E-state index contributed by atoms with van der Waals surface area (Å²) in [4.78, 5) is 29.7. The van der Waals surface area contributed by atoms with Gasteiger partial charge in [-0.25, -0.2) is 0 Å². The zero-order valence-electron chi connectivity index (χ0n) is 23.5. The number of aryl methyl sites for hydroxylation is 1. The minimum Gasteiger partial charge on any atom is -0.618 e. The molecule has 0 bridgehead atoms. The van der Waals surface area contributed by atoms with Gasteiger partial charge in [-0.3, -0.25) is 14.5 Å². The molecule has 2 aliphatic carbocycles. The van der Waals surface area contributed by atoms with E-state index in [1.54, 1.807) is 0 Å². The third-order valence-corrected chi connectivity index (χ3v) is 9.02. The van der Waals surface area contributed by atoms with Crippen molar-refractivity contribution >= 4 is 17.5 Å². The van der Waals surface area contributed by atoms with Crippen molar-refractivity contribution in [3.8, 4) is 11.1 Å². The van der Waals surface area contributed by atoms with Crippen molar-refractivity contribution in [2.75, 3.05) is 11.9 Å². The maximum Gasteiger partial charge on any atom is 0.268 e. The van der Waals surface area contributed by atoms with Crippen LogP contribution in [0.15, 0.2) is 48.7 Å². The molecule has 210 valence electrons. The summed E-state index contributed by atoms with van der Waals surface area (Å²) < 4.78 is 3.00. The Labute approximate surface area is 236 Å². The molecule has 3 aromatic rings. The molecule has 3 heterocycles. The summed E-state index contributed by atoms with van der Waals surface area (Å²) in [5.74, 6) is -0.240. The van der Waals surface area contributed by atoms with Crippen LogP contribution in [0.1, 0.15) is 72.4 Å². The van der Waals surface area contributed by atoms with Crippen LogP contribution in [0.5, 0.6) is 0 Å². The molecule has 2 aromatic heterocycles. The molecule has 1 aromatic carbocycles. The molecule has 0 spiro atoms. The summed E-state index contributed by atoms with van der Waals surface area (Å²) >= 11 is 0. The van der Waals surface area contributed by atoms with E-state index in [2.05, 4.69) is 26.2 Å². The summed E-state index contributed by atoms with van der Waals surface area (Å²) in [6, 6.07) is 13.5. The topological polar surface area (TPSA) is 93.3 Å². The molecule has 0 radical (unpaired) electrons. The van der Waals surface area contributed by atoms with Gasteiger partial charge in [-0.2, -0.15) is 4.73 Å². The molecule has 8 nitrogen and oxygen atoms in total. The Morgan fingerprint density at radius 1 is 0.950 bits per heavy atom. The first-order valence-corrected chi connectivity index (χ1v) is 14.7. The number of carbonyl (C=O) groups is 2. The highest BCUT2D eigenvalue weighted by molar-refractivity contribution is 6.01. The highest BCUT2D eigenvalue weighted by Gasteiger charge is 2.34. The zero-order valence-corrected chi connectivity index (χ0v) is 23.5. The fraction of sp³-hybridized carbons (Fsp3) is 0.469. The van der Waals surface area contributed by atoms with Crippen LogP contribution in [0.4, 0.5) is 5.69 Å². The number of aromatic nitrogens is 2. The van der Waals surface area contributed by atoms with Gasteiger partial charge in [0.15, 0.2) is 11.9 Å². The molecule has 8 heteroatoms. The van der Waals surface area contributed by atoms with Gasteiger partial charge in [0.2, 0.25) is 5.91 Å². The second-order valence-corrected chi connectivity index (χ2v) is 11.8. The van der Waals surface area contributed by atoms with Gasteiger partial charge in [0, 0.05) is 50.0 Å². The number of pyridine rings is 1. The van der Waals surface area contributed by atoms with Crippen LogP contribution < -0.4 is 15.4 Å². The van der Waals surface area contributed by atoms with Gasteiger partial charge in [-0.15, -0.1) is 0 Å². The number of nitrogens with zero attached hydrogens (tertiary/aromatic N) is 3. The quantitative estimate of drug-likeness (QED) is 0.335. The molecular formula is C32H39N5O3. The normalized spacial score (nSPS) is 18.6. The Morgan fingerprint density at radius 2 is 1.70 bits per heavy atom. The van der Waals surface area contributed by atoms with Gasteiger partial charge in [-0.05, 0) is 73.9 Å². The Bertz CT molecular complexity index is 1400. The maximum absolute atomic E-state index is 13.7. The summed E-state index contributed by atoms with van der Waals surface area (Å²) in [6.07, 6.45) is 9.27. The summed E-state index contributed by atoms with van der Waals surface area (Å²) in [5.41, 5.74) is 5.98. The van der Waals surface area contributed by atoms with Gasteiger partial charge < -0.3 is 20.4 Å². The lowest BCUT2D eigenvalue weighted by Crippen LogP contribution is -2.49. The van der Waals surface area contributed by atoms with Crippen molar-refractivity contribution in [3.05, 3.63) is 76.5 Å². The van der Waals surface area contributed by atoms with E-state index in [-0.39, 0.29) is 17.7 Å². The van der Waals surface area contributed by atoms with E-state index in [4.69, 9.17) is 0 Å². The zero-order chi connectivity index (χ0) is 27.8. The predicted octanol–water partition coefficient (Wildman–Crippen LogP) is 4.70. The van der Waals surface area contributed by atoms with Gasteiger partial charge in [0.25, 0.3) is 5.91 Å². The third kappa shape index (κ3) is 5.37. The summed E-state index contributed by atoms with van der Waals surface area (Å²) in [6.45, 7) is 6.46. The van der Waals surface area contributed by atoms with Crippen molar-refractivity contribution in [2.45, 2.75) is 84.0 Å². The van der Waals surface area contributed by atoms with Gasteiger partial charge in [0.1, 0.15) is 11.7 Å². The molecule has 3 aliphatic rings. The first-order chi connectivity index (χ1) is 19.4. The number of rotatable bonds is 7. The smallest absolute Gasteiger partial charge is 0.268 e. The number of fused-ring (bicyclic) bond motifs is 1. The van der Waals surface area contributed by atoms with Crippen LogP contribution in [0, 0.1) is 25.0 Å². The van der Waals surface area contributed by atoms with Crippen molar-refractivity contribution in [1.29, 1.82) is 0 Å². The Kier molecular flexibility index (Phi) is 7.36.